The van der Waals surface area contributed by atoms with Crippen LogP contribution in [0.4, 0.5) is 4.79 Å². The number of nitrogens with zero attached hydrogens (tertiary/aromatic N) is 2. The Bertz CT molecular complexity index is 2080. The van der Waals surface area contributed by atoms with Gasteiger partial charge >= 0.3 is 6.09 Å². The van der Waals surface area contributed by atoms with Gasteiger partial charge in [0.05, 0.1) is 36.7 Å². The van der Waals surface area contributed by atoms with E-state index in [2.05, 4.69) is 15.4 Å². The maximum atomic E-state index is 14.8. The van der Waals surface area contributed by atoms with Crippen LogP contribution in [-0.2, 0) is 35.6 Å². The van der Waals surface area contributed by atoms with Crippen molar-refractivity contribution in [3.63, 3.8) is 0 Å². The quantitative estimate of drug-likeness (QED) is 0.310. The fourth-order valence-corrected chi connectivity index (χ4v) is 10.3. The molecule has 1 aromatic carbocycles. The van der Waals surface area contributed by atoms with E-state index in [1.165, 1.54) is 4.90 Å². The van der Waals surface area contributed by atoms with Gasteiger partial charge in [0, 0.05) is 29.2 Å². The van der Waals surface area contributed by atoms with Gasteiger partial charge in [-0.3, -0.25) is 19.1 Å². The lowest BCUT2D eigenvalue weighted by molar-refractivity contribution is -0.141. The highest BCUT2D eigenvalue weighted by Crippen LogP contribution is 2.51. The van der Waals surface area contributed by atoms with Crippen LogP contribution < -0.4 is 24.8 Å². The third kappa shape index (κ3) is 7.92. The van der Waals surface area contributed by atoms with Crippen LogP contribution in [0.1, 0.15) is 114 Å². The second-order valence-corrected chi connectivity index (χ2v) is 19.4. The van der Waals surface area contributed by atoms with Crippen molar-refractivity contribution >= 4 is 44.7 Å². The van der Waals surface area contributed by atoms with Crippen molar-refractivity contribution in [3.8, 4) is 11.5 Å². The maximum absolute atomic E-state index is 14.8. The molecule has 4 amide bonds. The highest BCUT2D eigenvalue weighted by Gasteiger charge is 2.63. The molecule has 3 aliphatic carbocycles. The Morgan fingerprint density at radius 3 is 2.60 bits per heavy atom. The first-order valence-electron chi connectivity index (χ1n) is 20.8. The highest BCUT2D eigenvalue weighted by molar-refractivity contribution is 7.91. The van der Waals surface area contributed by atoms with Crippen LogP contribution >= 0.6 is 0 Å². The van der Waals surface area contributed by atoms with Gasteiger partial charge in [0.25, 0.3) is 5.91 Å². The summed E-state index contributed by atoms with van der Waals surface area (Å²) in [6.07, 6.45) is 12.0. The summed E-state index contributed by atoms with van der Waals surface area (Å²) < 4.78 is 46.3. The summed E-state index contributed by atoms with van der Waals surface area (Å²) in [6, 6.07) is 3.81. The lowest BCUT2D eigenvalue weighted by Crippen LogP contribution is -2.58. The summed E-state index contributed by atoms with van der Waals surface area (Å²) in [5, 5.41) is 6.11. The molecule has 1 aromatic heterocycles. The molecule has 4 fully saturated rings. The molecule has 6 aliphatic rings. The van der Waals surface area contributed by atoms with Crippen molar-refractivity contribution in [3.05, 3.63) is 41.6 Å². The minimum atomic E-state index is -3.89. The van der Waals surface area contributed by atoms with Gasteiger partial charge in [0.1, 0.15) is 34.7 Å². The summed E-state index contributed by atoms with van der Waals surface area (Å²) in [7, 11) is -2.26. The van der Waals surface area contributed by atoms with Gasteiger partial charge in [-0.2, -0.15) is 0 Å². The fraction of sp³-hybridized carbons (Fsp3) is 0.643. The van der Waals surface area contributed by atoms with Gasteiger partial charge in [-0.25, -0.2) is 18.2 Å². The predicted octanol–water partition coefficient (Wildman–Crippen LogP) is 4.93. The molecular weight excluding hydrogens is 751 g/mol. The largest absolute Gasteiger partial charge is 0.497 e. The van der Waals surface area contributed by atoms with E-state index in [0.717, 1.165) is 54.3 Å². The van der Waals surface area contributed by atoms with Crippen molar-refractivity contribution < 1.29 is 41.8 Å². The normalized spacial score (nSPS) is 29.8. The molecule has 14 nitrogen and oxygen atoms in total. The van der Waals surface area contributed by atoms with Crippen molar-refractivity contribution in [2.24, 2.45) is 11.8 Å². The Hall–Kier alpha value is -4.40. The monoisotopic (exact) mass is 805 g/mol. The van der Waals surface area contributed by atoms with Crippen LogP contribution in [-0.4, -0.2) is 90.9 Å². The number of benzene rings is 1. The van der Waals surface area contributed by atoms with Gasteiger partial charge in [-0.15, -0.1) is 0 Å². The number of hydrogen-bond acceptors (Lipinski definition) is 10. The van der Waals surface area contributed by atoms with Gasteiger partial charge in [0.15, 0.2) is 0 Å². The molecule has 15 heteroatoms. The third-order valence-corrected chi connectivity index (χ3v) is 14.6. The SMILES string of the molecule is COc1ccc2nc(C3CCC3)c3c(c2c1)CC[C@]1(C[C@H]2C(=O)N[C@]4(C(=O)NS(=O)(=O)C5CC5)C[C@H]4/C=C\CCCCC[C@H](NC(=O)OCC(C)C)C(=O)N2C1)O3. The molecule has 0 radical (unpaired) electrons. The maximum Gasteiger partial charge on any atom is 0.407 e. The second-order valence-electron chi connectivity index (χ2n) is 17.5. The molecule has 57 heavy (non-hydrogen) atoms. The molecule has 3 aliphatic heterocycles. The van der Waals surface area contributed by atoms with Gasteiger partial charge in [0.2, 0.25) is 21.8 Å². The number of amides is 4. The number of nitrogens with one attached hydrogen (secondary N) is 3. The standard InChI is InChI=1S/C42H55N5O9S/c1-25(2)23-55-40(51)44-33-13-8-6-4-5-7-12-27-21-42(27,39(50)46-57(52,53)29-15-16-29)45-37(48)34-22-41(24-47(34)38(33)49)19-18-30-31-20-28(54-3)14-17-32(31)43-35(36(30)56-41)26-10-9-11-26/h7,12,14,17,20,25-27,29,33-34H,4-6,8-11,13,15-16,18-19,21-24H2,1-3H3,(H,44,51)(H,45,48)(H,46,50)/b12-7-/t27-,33+,34+,41-,42-/m1/s1. The number of sulfonamides is 1. The first-order chi connectivity index (χ1) is 27.3. The van der Waals surface area contributed by atoms with Crippen LogP contribution in [0.2, 0.25) is 0 Å². The number of rotatable bonds is 8. The van der Waals surface area contributed by atoms with Crippen molar-refractivity contribution in [1.29, 1.82) is 0 Å². The molecule has 3 saturated carbocycles. The van der Waals surface area contributed by atoms with Crippen molar-refractivity contribution in [2.75, 3.05) is 20.3 Å². The predicted molar refractivity (Wildman–Crippen MR) is 211 cm³/mol. The van der Waals surface area contributed by atoms with Gasteiger partial charge < -0.3 is 29.7 Å². The van der Waals surface area contributed by atoms with E-state index in [4.69, 9.17) is 19.2 Å². The lowest BCUT2D eigenvalue weighted by Gasteiger charge is -2.39. The zero-order valence-corrected chi connectivity index (χ0v) is 34.0. The molecule has 0 bridgehead atoms. The lowest BCUT2D eigenvalue weighted by atomic mass is 9.79. The van der Waals surface area contributed by atoms with Gasteiger partial charge in [-0.1, -0.05) is 45.3 Å². The topological polar surface area (TPSA) is 182 Å². The molecular formula is C42H55N5O9S. The number of pyridine rings is 1. The summed E-state index contributed by atoms with van der Waals surface area (Å²) in [6.45, 7) is 4.11. The zero-order chi connectivity index (χ0) is 40.1. The number of allylic oxidation sites excluding steroid dienone is 1. The summed E-state index contributed by atoms with van der Waals surface area (Å²) in [5.74, 6) is -0.446. The van der Waals surface area contributed by atoms with Gasteiger partial charge in [-0.05, 0) is 88.3 Å². The van der Waals surface area contributed by atoms with E-state index < -0.39 is 68.2 Å². The molecule has 4 heterocycles. The Morgan fingerprint density at radius 1 is 1.07 bits per heavy atom. The van der Waals surface area contributed by atoms with E-state index in [-0.39, 0.29) is 37.8 Å². The van der Waals surface area contributed by atoms with E-state index in [9.17, 15) is 27.6 Å². The second kappa shape index (κ2) is 15.4. The number of ether oxygens (including phenoxy) is 3. The summed E-state index contributed by atoms with van der Waals surface area (Å²) >= 11 is 0. The number of alkyl carbamates (subject to hydrolysis) is 1. The van der Waals surface area contributed by atoms with Crippen LogP contribution in [0.3, 0.4) is 0 Å². The Labute approximate surface area is 334 Å². The zero-order valence-electron chi connectivity index (χ0n) is 33.1. The van der Waals surface area contributed by atoms with E-state index >= 15 is 0 Å². The Morgan fingerprint density at radius 2 is 1.88 bits per heavy atom. The minimum absolute atomic E-state index is 0.0709. The van der Waals surface area contributed by atoms with Crippen LogP contribution in [0.15, 0.2) is 30.4 Å². The highest BCUT2D eigenvalue weighted by atomic mass is 32.2. The number of fused-ring (bicyclic) bond motifs is 5. The van der Waals surface area contributed by atoms with Crippen LogP contribution in [0.5, 0.6) is 11.5 Å². The molecule has 308 valence electrons. The smallest absolute Gasteiger partial charge is 0.407 e. The molecule has 8 rings (SSSR count). The van der Waals surface area contributed by atoms with Crippen LogP contribution in [0, 0.1) is 11.8 Å². The molecule has 0 unspecified atom stereocenters. The van der Waals surface area contributed by atoms with Crippen LogP contribution in [0.25, 0.3) is 10.9 Å². The minimum Gasteiger partial charge on any atom is -0.497 e. The molecule has 1 spiro atoms. The van der Waals surface area contributed by atoms with Crippen molar-refractivity contribution in [1.82, 2.24) is 25.2 Å². The molecule has 2 aromatic rings. The number of methoxy groups -OCH3 is 1. The fourth-order valence-electron chi connectivity index (χ4n) is 8.95. The number of carbonyl (C=O) groups excluding carboxylic acids is 4. The number of aromatic nitrogens is 1. The van der Waals surface area contributed by atoms with E-state index in [1.54, 1.807) is 7.11 Å². The molecule has 1 saturated heterocycles. The van der Waals surface area contributed by atoms with Crippen molar-refractivity contribution in [2.45, 2.75) is 138 Å². The van der Waals surface area contributed by atoms with E-state index in [0.29, 0.717) is 56.4 Å². The molecule has 3 N–H and O–H groups in total. The first-order valence-corrected chi connectivity index (χ1v) is 22.3. The number of hydrogen-bond donors (Lipinski definition) is 3. The summed E-state index contributed by atoms with van der Waals surface area (Å²) in [5.41, 5.74) is 0.319. The number of aryl methyl sites for hydroxylation is 1. The number of carbonyl (C=O) groups is 4. The Kier molecular flexibility index (Phi) is 10.7. The third-order valence-electron chi connectivity index (χ3n) is 12.7. The molecule has 5 atom stereocenters. The average molecular weight is 806 g/mol. The summed E-state index contributed by atoms with van der Waals surface area (Å²) in [4.78, 5) is 63.2. The Balaban J connectivity index is 1.15. The first kappa shape index (κ1) is 39.4. The average Bonchev–Trinajstić information content (AvgIpc) is 4.09. The van der Waals surface area contributed by atoms with E-state index in [1.807, 2.05) is 44.2 Å².